The van der Waals surface area contributed by atoms with E-state index in [-0.39, 0.29) is 5.12 Å². The van der Waals surface area contributed by atoms with Crippen LogP contribution in [-0.2, 0) is 14.1 Å². The van der Waals surface area contributed by atoms with Gasteiger partial charge < -0.3 is 9.31 Å². The van der Waals surface area contributed by atoms with Crippen molar-refractivity contribution in [1.82, 2.24) is 4.98 Å². The van der Waals surface area contributed by atoms with Gasteiger partial charge in [-0.15, -0.1) is 0 Å². The predicted molar refractivity (Wildman–Crippen MR) is 96.2 cm³/mol. The Labute approximate surface area is 143 Å². The molecule has 0 bridgehead atoms. The molecular weight excluding hydrogens is 309 g/mol. The van der Waals surface area contributed by atoms with Crippen molar-refractivity contribution < 1.29 is 14.1 Å². The molecule has 0 aliphatic carbocycles. The van der Waals surface area contributed by atoms with Crippen LogP contribution in [0, 0.1) is 6.92 Å². The lowest BCUT2D eigenvalue weighted by Crippen LogP contribution is -2.41. The van der Waals surface area contributed by atoms with E-state index in [4.69, 9.17) is 9.31 Å². The maximum atomic E-state index is 11.4. The van der Waals surface area contributed by atoms with Crippen LogP contribution < -0.4 is 0 Å². The highest BCUT2D eigenvalue weighted by molar-refractivity contribution is 8.13. The second-order valence-electron chi connectivity index (χ2n) is 6.82. The minimum absolute atomic E-state index is 0.0823. The molecule has 6 heteroatoms. The van der Waals surface area contributed by atoms with Crippen molar-refractivity contribution in [2.45, 2.75) is 52.7 Å². The quantitative estimate of drug-likeness (QED) is 0.787. The highest BCUT2D eigenvalue weighted by Gasteiger charge is 2.52. The molecule has 0 spiro atoms. The molecule has 124 valence electrons. The molecule has 1 saturated heterocycles. The average Bonchev–Trinajstić information content (AvgIpc) is 2.65. The summed E-state index contributed by atoms with van der Waals surface area (Å²) < 4.78 is 12.3. The first-order valence-corrected chi connectivity index (χ1v) is 8.71. The van der Waals surface area contributed by atoms with Crippen molar-refractivity contribution >= 4 is 30.1 Å². The van der Waals surface area contributed by atoms with Gasteiger partial charge >= 0.3 is 7.12 Å². The van der Waals surface area contributed by atoms with E-state index >= 15 is 0 Å². The zero-order valence-electron chi connectivity index (χ0n) is 14.7. The monoisotopic (exact) mass is 333 g/mol. The molecular formula is C17H24BNO3S. The molecule has 2 rings (SSSR count). The number of carbonyl (C=O) groups is 1. The third kappa shape index (κ3) is 4.25. The molecule has 0 radical (unpaired) electrons. The Kier molecular flexibility index (Phi) is 5.39. The van der Waals surface area contributed by atoms with Crippen LogP contribution >= 0.6 is 11.8 Å². The molecule has 1 aliphatic heterocycles. The minimum atomic E-state index is -0.445. The summed E-state index contributed by atoms with van der Waals surface area (Å²) in [6, 6.07) is 1.96. The zero-order chi connectivity index (χ0) is 17.3. The Morgan fingerprint density at radius 2 is 1.91 bits per heavy atom. The number of thioether (sulfide) groups is 1. The van der Waals surface area contributed by atoms with Gasteiger partial charge in [0, 0.05) is 25.1 Å². The fourth-order valence-electron chi connectivity index (χ4n) is 2.20. The first-order chi connectivity index (χ1) is 10.6. The first kappa shape index (κ1) is 18.2. The zero-order valence-corrected chi connectivity index (χ0v) is 15.5. The van der Waals surface area contributed by atoms with Crippen LogP contribution in [0.5, 0.6) is 0 Å². The Bertz CT molecular complexity index is 612. The van der Waals surface area contributed by atoms with Crippen molar-refractivity contribution in [2.24, 2.45) is 0 Å². The third-order valence-corrected chi connectivity index (χ3v) is 5.29. The van der Waals surface area contributed by atoms with Crippen molar-refractivity contribution in [1.29, 1.82) is 0 Å². The van der Waals surface area contributed by atoms with Crippen LogP contribution in [-0.4, -0.2) is 34.2 Å². The van der Waals surface area contributed by atoms with Crippen molar-refractivity contribution in [2.75, 3.05) is 5.75 Å². The molecule has 4 nitrogen and oxygen atoms in total. The number of aryl methyl sites for hydroxylation is 1. The summed E-state index contributed by atoms with van der Waals surface area (Å²) in [5.41, 5.74) is 2.30. The lowest BCUT2D eigenvalue weighted by molar-refractivity contribution is -0.109. The molecule has 2 heterocycles. The maximum absolute atomic E-state index is 11.4. The summed E-state index contributed by atoms with van der Waals surface area (Å²) >= 11 is 1.27. The normalized spacial score (nSPS) is 19.9. The Morgan fingerprint density at radius 1 is 1.30 bits per heavy atom. The van der Waals surface area contributed by atoms with Gasteiger partial charge in [-0.25, -0.2) is 0 Å². The molecule has 0 amide bonds. The van der Waals surface area contributed by atoms with E-state index in [0.29, 0.717) is 5.75 Å². The predicted octanol–water partition coefficient (Wildman–Crippen LogP) is 3.68. The van der Waals surface area contributed by atoms with Crippen LogP contribution in [0.2, 0.25) is 0 Å². The number of aromatic nitrogens is 1. The molecule has 1 aliphatic rings. The van der Waals surface area contributed by atoms with E-state index in [2.05, 4.69) is 11.1 Å². The second-order valence-corrected chi connectivity index (χ2v) is 7.97. The summed E-state index contributed by atoms with van der Waals surface area (Å²) in [7, 11) is -0.445. The summed E-state index contributed by atoms with van der Waals surface area (Å²) in [5.74, 6) is 0.550. The first-order valence-electron chi connectivity index (χ1n) is 7.72. The highest BCUT2D eigenvalue weighted by atomic mass is 32.2. The van der Waals surface area contributed by atoms with Gasteiger partial charge in [0.05, 0.1) is 11.2 Å². The van der Waals surface area contributed by atoms with E-state index in [1.54, 1.807) is 13.1 Å². The second kappa shape index (κ2) is 6.79. The molecule has 23 heavy (non-hydrogen) atoms. The lowest BCUT2D eigenvalue weighted by Gasteiger charge is -2.32. The van der Waals surface area contributed by atoms with Gasteiger partial charge in [0.1, 0.15) is 0 Å². The van der Waals surface area contributed by atoms with Crippen LogP contribution in [0.1, 0.15) is 45.7 Å². The molecule has 1 aromatic heterocycles. The SMILES string of the molecule is CC(=O)SCC(=Cc1ccncc1C)B1OC(C)(C)C(C)(C)O1. The number of nitrogens with zero attached hydrogens (tertiary/aromatic N) is 1. The molecule has 0 aromatic carbocycles. The van der Waals surface area contributed by atoms with Gasteiger partial charge in [0.2, 0.25) is 0 Å². The fourth-order valence-corrected chi connectivity index (χ4v) is 2.79. The molecule has 0 N–H and O–H groups in total. The maximum Gasteiger partial charge on any atom is 0.491 e. The highest BCUT2D eigenvalue weighted by Crippen LogP contribution is 2.39. The van der Waals surface area contributed by atoms with Gasteiger partial charge in [-0.1, -0.05) is 17.8 Å². The summed E-state index contributed by atoms with van der Waals surface area (Å²) in [6.07, 6.45) is 5.64. The summed E-state index contributed by atoms with van der Waals surface area (Å²) in [4.78, 5) is 15.5. The topological polar surface area (TPSA) is 48.4 Å². The average molecular weight is 333 g/mol. The van der Waals surface area contributed by atoms with Crippen LogP contribution in [0.15, 0.2) is 23.9 Å². The van der Waals surface area contributed by atoms with E-state index in [1.807, 2.05) is 46.9 Å². The number of hydrogen-bond acceptors (Lipinski definition) is 5. The van der Waals surface area contributed by atoms with Gasteiger partial charge in [-0.3, -0.25) is 9.78 Å². The van der Waals surface area contributed by atoms with Crippen LogP contribution in [0.25, 0.3) is 6.08 Å². The van der Waals surface area contributed by atoms with Crippen molar-refractivity contribution in [3.8, 4) is 0 Å². The van der Waals surface area contributed by atoms with E-state index in [0.717, 1.165) is 16.6 Å². The molecule has 0 atom stereocenters. The number of rotatable bonds is 4. The van der Waals surface area contributed by atoms with Crippen LogP contribution in [0.3, 0.4) is 0 Å². The minimum Gasteiger partial charge on any atom is -0.400 e. The Hall–Kier alpha value is -1.11. The smallest absolute Gasteiger partial charge is 0.400 e. The Morgan fingerprint density at radius 3 is 2.43 bits per heavy atom. The van der Waals surface area contributed by atoms with Crippen molar-refractivity contribution in [3.63, 3.8) is 0 Å². The standard InChI is InChI=1S/C17H24BNO3S/c1-12-10-19-8-7-14(12)9-15(11-23-13(2)20)18-21-16(3,4)17(5,6)22-18/h7-10H,11H2,1-6H3. The van der Waals surface area contributed by atoms with Gasteiger partial charge in [0.25, 0.3) is 0 Å². The van der Waals surface area contributed by atoms with E-state index < -0.39 is 18.3 Å². The van der Waals surface area contributed by atoms with Gasteiger partial charge in [0.15, 0.2) is 5.12 Å². The summed E-state index contributed by atoms with van der Waals surface area (Å²) in [5, 5.41) is 0.0823. The number of hydrogen-bond donors (Lipinski definition) is 0. The van der Waals surface area contributed by atoms with E-state index in [9.17, 15) is 4.79 Å². The summed E-state index contributed by atoms with van der Waals surface area (Å²) in [6.45, 7) is 11.7. The van der Waals surface area contributed by atoms with Gasteiger partial charge in [-0.2, -0.15) is 0 Å². The largest absolute Gasteiger partial charge is 0.491 e. The van der Waals surface area contributed by atoms with Crippen molar-refractivity contribution in [3.05, 3.63) is 35.1 Å². The number of pyridine rings is 1. The lowest BCUT2D eigenvalue weighted by atomic mass is 9.78. The van der Waals surface area contributed by atoms with Gasteiger partial charge in [-0.05, 0) is 57.3 Å². The number of carbonyl (C=O) groups excluding carboxylic acids is 1. The van der Waals surface area contributed by atoms with E-state index in [1.165, 1.54) is 11.8 Å². The third-order valence-electron chi connectivity index (χ3n) is 4.40. The molecule has 0 unspecified atom stereocenters. The molecule has 0 saturated carbocycles. The molecule has 1 fully saturated rings. The van der Waals surface area contributed by atoms with Crippen LogP contribution in [0.4, 0.5) is 0 Å². The fraction of sp³-hybridized carbons (Fsp3) is 0.529. The molecule has 1 aromatic rings. The Balaban J connectivity index is 2.32.